The molecule has 1 atom stereocenters. The van der Waals surface area contributed by atoms with Gasteiger partial charge in [0.1, 0.15) is 11.6 Å². The summed E-state index contributed by atoms with van der Waals surface area (Å²) in [5.74, 6) is 0.729. The van der Waals surface area contributed by atoms with E-state index in [9.17, 15) is 9.18 Å². The Morgan fingerprint density at radius 3 is 2.73 bits per heavy atom. The van der Waals surface area contributed by atoms with E-state index in [0.29, 0.717) is 31.0 Å². The fourth-order valence-corrected chi connectivity index (χ4v) is 3.53. The molecule has 1 aromatic heterocycles. The van der Waals surface area contributed by atoms with Crippen LogP contribution in [0.15, 0.2) is 47.0 Å². The molecule has 0 radical (unpaired) electrons. The number of rotatable bonds is 6. The highest BCUT2D eigenvalue weighted by atomic mass is 35.5. The van der Waals surface area contributed by atoms with Gasteiger partial charge in [-0.1, -0.05) is 28.9 Å². The lowest BCUT2D eigenvalue weighted by Gasteiger charge is -2.16. The van der Waals surface area contributed by atoms with Gasteiger partial charge in [0.15, 0.2) is 0 Å². The maximum atomic E-state index is 13.7. The van der Waals surface area contributed by atoms with Crippen molar-refractivity contribution in [2.75, 3.05) is 6.54 Å². The minimum absolute atomic E-state index is 0.0276. The molecular formula is C22H21ClFN3O3. The molecule has 2 aromatic carbocycles. The van der Waals surface area contributed by atoms with Crippen LogP contribution in [0.2, 0.25) is 5.02 Å². The van der Waals surface area contributed by atoms with E-state index in [1.54, 1.807) is 11.0 Å². The van der Waals surface area contributed by atoms with Crippen molar-refractivity contribution in [1.29, 1.82) is 0 Å². The predicted molar refractivity (Wildman–Crippen MR) is 110 cm³/mol. The Labute approximate surface area is 178 Å². The summed E-state index contributed by atoms with van der Waals surface area (Å²) >= 11 is 5.72. The normalized spacial score (nSPS) is 16.5. The Bertz CT molecular complexity index is 1050. The van der Waals surface area contributed by atoms with E-state index >= 15 is 0 Å². The second-order valence-electron chi connectivity index (χ2n) is 7.57. The topological polar surface area (TPSA) is 68.5 Å². The number of aromatic nitrogens is 2. The van der Waals surface area contributed by atoms with Crippen LogP contribution in [0, 0.1) is 5.82 Å². The number of hydrogen-bond acceptors (Lipinski definition) is 5. The molecular weight excluding hydrogens is 409 g/mol. The van der Waals surface area contributed by atoms with Crippen molar-refractivity contribution in [2.24, 2.45) is 0 Å². The Balaban J connectivity index is 1.42. The second kappa shape index (κ2) is 8.44. The number of likely N-dealkylation sites (tertiary alicyclic amines) is 1. The van der Waals surface area contributed by atoms with E-state index in [2.05, 4.69) is 10.1 Å². The average Bonchev–Trinajstić information content (AvgIpc) is 3.33. The van der Waals surface area contributed by atoms with Crippen LogP contribution in [0.1, 0.15) is 37.6 Å². The Hall–Kier alpha value is -2.93. The molecule has 30 heavy (non-hydrogen) atoms. The molecule has 1 amide bonds. The van der Waals surface area contributed by atoms with E-state index in [0.717, 1.165) is 11.3 Å². The van der Waals surface area contributed by atoms with Crippen LogP contribution in [-0.4, -0.2) is 33.6 Å². The molecule has 0 N–H and O–H groups in total. The summed E-state index contributed by atoms with van der Waals surface area (Å²) in [6.07, 6.45) is 0.408. The highest BCUT2D eigenvalue weighted by molar-refractivity contribution is 6.30. The van der Waals surface area contributed by atoms with Crippen molar-refractivity contribution in [3.63, 3.8) is 0 Å². The number of benzene rings is 2. The largest absolute Gasteiger partial charge is 0.491 e. The molecule has 0 aliphatic carbocycles. The number of ether oxygens (including phenoxy) is 1. The standard InChI is InChI=1S/C22H21ClFN3O3/c1-13(2)29-17-6-3-14(4-7-17)11-27-12-16(10-20(27)28)22-25-21(26-30-22)15-5-8-18(23)19(24)9-15/h3-9,13,16H,10-12H2,1-2H3. The van der Waals surface area contributed by atoms with Gasteiger partial charge < -0.3 is 14.2 Å². The summed E-state index contributed by atoms with van der Waals surface area (Å²) in [5.41, 5.74) is 1.49. The van der Waals surface area contributed by atoms with Gasteiger partial charge in [-0.25, -0.2) is 4.39 Å². The van der Waals surface area contributed by atoms with Gasteiger partial charge in [0.05, 0.1) is 17.0 Å². The van der Waals surface area contributed by atoms with Gasteiger partial charge in [-0.2, -0.15) is 4.98 Å². The molecule has 6 nitrogen and oxygen atoms in total. The SMILES string of the molecule is CC(C)Oc1ccc(CN2CC(c3nc(-c4ccc(Cl)c(F)c4)no3)CC2=O)cc1. The van der Waals surface area contributed by atoms with E-state index in [1.165, 1.54) is 12.1 Å². The summed E-state index contributed by atoms with van der Waals surface area (Å²) in [6.45, 7) is 4.94. The van der Waals surface area contributed by atoms with Gasteiger partial charge in [0.2, 0.25) is 17.6 Å². The van der Waals surface area contributed by atoms with Crippen LogP contribution in [0.3, 0.4) is 0 Å². The van der Waals surface area contributed by atoms with Gasteiger partial charge in [-0.05, 0) is 49.7 Å². The van der Waals surface area contributed by atoms with Crippen LogP contribution in [-0.2, 0) is 11.3 Å². The van der Waals surface area contributed by atoms with Crippen molar-refractivity contribution in [1.82, 2.24) is 15.0 Å². The van der Waals surface area contributed by atoms with Crippen LogP contribution < -0.4 is 4.74 Å². The quantitative estimate of drug-likeness (QED) is 0.561. The average molecular weight is 430 g/mol. The lowest BCUT2D eigenvalue weighted by molar-refractivity contribution is -0.128. The first-order chi connectivity index (χ1) is 14.4. The summed E-state index contributed by atoms with van der Waals surface area (Å²) in [4.78, 5) is 18.6. The molecule has 2 heterocycles. The minimum atomic E-state index is -0.549. The zero-order valence-corrected chi connectivity index (χ0v) is 17.4. The first kappa shape index (κ1) is 20.3. The molecule has 8 heteroatoms. The predicted octanol–water partition coefficient (Wildman–Crippen LogP) is 4.83. The van der Waals surface area contributed by atoms with Crippen molar-refractivity contribution < 1.29 is 18.4 Å². The third-order valence-corrected chi connectivity index (χ3v) is 5.16. The summed E-state index contributed by atoms with van der Waals surface area (Å²) in [5, 5.41) is 3.96. The number of carbonyl (C=O) groups is 1. The van der Waals surface area contributed by atoms with Crippen molar-refractivity contribution >= 4 is 17.5 Å². The molecule has 3 aromatic rings. The maximum absolute atomic E-state index is 13.7. The summed E-state index contributed by atoms with van der Waals surface area (Å²) < 4.78 is 24.7. The van der Waals surface area contributed by atoms with Crippen molar-refractivity contribution in [3.05, 3.63) is 64.8 Å². The van der Waals surface area contributed by atoms with Crippen molar-refractivity contribution in [2.45, 2.75) is 38.8 Å². The van der Waals surface area contributed by atoms with Crippen molar-refractivity contribution in [3.8, 4) is 17.1 Å². The van der Waals surface area contributed by atoms with E-state index in [-0.39, 0.29) is 28.8 Å². The van der Waals surface area contributed by atoms with Gasteiger partial charge in [-0.3, -0.25) is 4.79 Å². The van der Waals surface area contributed by atoms with Crippen LogP contribution >= 0.6 is 11.6 Å². The third-order valence-electron chi connectivity index (χ3n) is 4.85. The molecule has 0 bridgehead atoms. The Morgan fingerprint density at radius 1 is 1.27 bits per heavy atom. The monoisotopic (exact) mass is 429 g/mol. The van der Waals surface area contributed by atoms with Gasteiger partial charge in [0.25, 0.3) is 0 Å². The lowest BCUT2D eigenvalue weighted by Crippen LogP contribution is -2.24. The summed E-state index contributed by atoms with van der Waals surface area (Å²) in [7, 11) is 0. The first-order valence-electron chi connectivity index (χ1n) is 9.71. The Kier molecular flexibility index (Phi) is 5.72. The minimum Gasteiger partial charge on any atom is -0.491 e. The second-order valence-corrected chi connectivity index (χ2v) is 7.98. The first-order valence-corrected chi connectivity index (χ1v) is 10.1. The fraction of sp³-hybridized carbons (Fsp3) is 0.318. The number of hydrogen-bond donors (Lipinski definition) is 0. The molecule has 0 saturated carbocycles. The van der Waals surface area contributed by atoms with E-state index in [1.807, 2.05) is 38.1 Å². The number of halogens is 2. The fourth-order valence-electron chi connectivity index (χ4n) is 3.41. The molecule has 156 valence electrons. The number of nitrogens with zero attached hydrogens (tertiary/aromatic N) is 3. The van der Waals surface area contributed by atoms with Crippen LogP contribution in [0.5, 0.6) is 5.75 Å². The van der Waals surface area contributed by atoms with Crippen LogP contribution in [0.25, 0.3) is 11.4 Å². The number of amides is 1. The maximum Gasteiger partial charge on any atom is 0.232 e. The summed E-state index contributed by atoms with van der Waals surface area (Å²) in [6, 6.07) is 12.1. The Morgan fingerprint density at radius 2 is 2.03 bits per heavy atom. The van der Waals surface area contributed by atoms with Gasteiger partial charge in [0, 0.05) is 25.1 Å². The van der Waals surface area contributed by atoms with Gasteiger partial charge >= 0.3 is 0 Å². The van der Waals surface area contributed by atoms with Crippen LogP contribution in [0.4, 0.5) is 4.39 Å². The van der Waals surface area contributed by atoms with E-state index < -0.39 is 5.82 Å². The van der Waals surface area contributed by atoms with Gasteiger partial charge in [-0.15, -0.1) is 0 Å². The molecule has 1 unspecified atom stereocenters. The highest BCUT2D eigenvalue weighted by Crippen LogP contribution is 2.30. The smallest absolute Gasteiger partial charge is 0.232 e. The van der Waals surface area contributed by atoms with E-state index in [4.69, 9.17) is 20.9 Å². The molecule has 1 saturated heterocycles. The zero-order valence-electron chi connectivity index (χ0n) is 16.6. The molecule has 1 fully saturated rings. The zero-order chi connectivity index (χ0) is 21.3. The molecule has 1 aliphatic heterocycles. The lowest BCUT2D eigenvalue weighted by atomic mass is 10.1. The number of carbonyl (C=O) groups excluding carboxylic acids is 1. The molecule has 0 spiro atoms. The third kappa shape index (κ3) is 4.46. The highest BCUT2D eigenvalue weighted by Gasteiger charge is 2.34. The molecule has 1 aliphatic rings. The molecule has 4 rings (SSSR count).